The Morgan fingerprint density at radius 2 is 2.00 bits per heavy atom. The smallest absolute Gasteiger partial charge is 0.239 e. The van der Waals surface area contributed by atoms with Gasteiger partial charge in [-0.1, -0.05) is 29.8 Å². The van der Waals surface area contributed by atoms with Crippen LogP contribution in [-0.4, -0.2) is 23.4 Å². The summed E-state index contributed by atoms with van der Waals surface area (Å²) in [6.45, 7) is 4.66. The van der Waals surface area contributed by atoms with Crippen molar-refractivity contribution in [2.24, 2.45) is 5.73 Å². The van der Waals surface area contributed by atoms with E-state index in [2.05, 4.69) is 31.2 Å². The van der Waals surface area contributed by atoms with Crippen LogP contribution in [0.2, 0.25) is 0 Å². The third-order valence-corrected chi connectivity index (χ3v) is 3.39. The Morgan fingerprint density at radius 3 is 2.56 bits per heavy atom. The Bertz CT molecular complexity index is 403. The number of nitrogens with zero attached hydrogens (tertiary/aromatic N) is 1. The zero-order valence-corrected chi connectivity index (χ0v) is 11.7. The number of amides is 1. The van der Waals surface area contributed by atoms with Crippen LogP contribution in [0.1, 0.15) is 36.9 Å². The molecule has 0 aromatic heterocycles. The molecule has 1 aromatic carbocycles. The third kappa shape index (κ3) is 3.03. The van der Waals surface area contributed by atoms with E-state index in [0.717, 1.165) is 19.4 Å². The van der Waals surface area contributed by atoms with E-state index in [1.54, 1.807) is 6.92 Å². The summed E-state index contributed by atoms with van der Waals surface area (Å²) in [6.07, 6.45) is 2.11. The van der Waals surface area contributed by atoms with Crippen molar-refractivity contribution in [3.05, 3.63) is 35.4 Å². The lowest BCUT2D eigenvalue weighted by Crippen LogP contribution is -2.41. The quantitative estimate of drug-likeness (QED) is 0.895. The molecule has 0 radical (unpaired) electrons. The molecule has 3 nitrogen and oxygen atoms in total. The lowest BCUT2D eigenvalue weighted by molar-refractivity contribution is -0.133. The van der Waals surface area contributed by atoms with Crippen molar-refractivity contribution in [1.29, 1.82) is 0 Å². The van der Waals surface area contributed by atoms with Crippen molar-refractivity contribution in [1.82, 2.24) is 4.90 Å². The first-order chi connectivity index (χ1) is 8.09. The second kappa shape index (κ2) is 6.21. The van der Waals surface area contributed by atoms with Crippen LogP contribution in [0.15, 0.2) is 24.3 Å². The Morgan fingerprint density at radius 1 is 1.39 bits per heavy atom. The molecule has 1 aliphatic rings. The molecule has 1 fully saturated rings. The maximum absolute atomic E-state index is 12.0. The molecule has 1 unspecified atom stereocenters. The molecule has 4 heteroatoms. The zero-order chi connectivity index (χ0) is 12.4. The van der Waals surface area contributed by atoms with E-state index >= 15 is 0 Å². The molecule has 2 rings (SSSR count). The number of hydrogen-bond donors (Lipinski definition) is 1. The molecule has 0 aliphatic carbocycles. The molecule has 1 aromatic rings. The van der Waals surface area contributed by atoms with Gasteiger partial charge in [0.25, 0.3) is 0 Å². The number of likely N-dealkylation sites (tertiary alicyclic amines) is 1. The van der Waals surface area contributed by atoms with Gasteiger partial charge >= 0.3 is 0 Å². The zero-order valence-electron chi connectivity index (χ0n) is 10.9. The lowest BCUT2D eigenvalue weighted by Gasteiger charge is -2.26. The summed E-state index contributed by atoms with van der Waals surface area (Å²) >= 11 is 0. The molecule has 0 bridgehead atoms. The predicted molar refractivity (Wildman–Crippen MR) is 75.8 cm³/mol. The maximum Gasteiger partial charge on any atom is 0.239 e. The van der Waals surface area contributed by atoms with Gasteiger partial charge in [-0.05, 0) is 32.3 Å². The first-order valence-electron chi connectivity index (χ1n) is 6.22. The summed E-state index contributed by atoms with van der Waals surface area (Å²) in [4.78, 5) is 13.9. The van der Waals surface area contributed by atoms with Crippen LogP contribution >= 0.6 is 12.4 Å². The highest BCUT2D eigenvalue weighted by Crippen LogP contribution is 2.32. The molecule has 1 saturated heterocycles. The molecule has 1 amide bonds. The van der Waals surface area contributed by atoms with Gasteiger partial charge in [0.15, 0.2) is 0 Å². The van der Waals surface area contributed by atoms with Crippen molar-refractivity contribution >= 4 is 18.3 Å². The minimum atomic E-state index is -0.402. The molecule has 2 N–H and O–H groups in total. The van der Waals surface area contributed by atoms with E-state index < -0.39 is 6.04 Å². The molecular weight excluding hydrogens is 248 g/mol. The minimum absolute atomic E-state index is 0. The van der Waals surface area contributed by atoms with Crippen LogP contribution in [0, 0.1) is 6.92 Å². The highest BCUT2D eigenvalue weighted by molar-refractivity contribution is 5.85. The first-order valence-corrected chi connectivity index (χ1v) is 6.22. The predicted octanol–water partition coefficient (Wildman–Crippen LogP) is 2.43. The summed E-state index contributed by atoms with van der Waals surface area (Å²) < 4.78 is 0. The molecule has 100 valence electrons. The van der Waals surface area contributed by atoms with E-state index in [1.165, 1.54) is 11.1 Å². The average molecular weight is 269 g/mol. The number of hydrogen-bond acceptors (Lipinski definition) is 2. The second-order valence-corrected chi connectivity index (χ2v) is 4.89. The number of nitrogens with two attached hydrogens (primary N) is 1. The van der Waals surface area contributed by atoms with Crippen LogP contribution in [0.25, 0.3) is 0 Å². The van der Waals surface area contributed by atoms with Gasteiger partial charge < -0.3 is 10.6 Å². The standard InChI is InChI=1S/C14H20N2O.ClH/c1-10-5-7-12(8-6-10)13-4-3-9-16(13)14(17)11(2)15;/h5-8,11,13H,3-4,9,15H2,1-2H3;1H/t11-,13?;/m1./s1. The van der Waals surface area contributed by atoms with Crippen molar-refractivity contribution in [3.8, 4) is 0 Å². The van der Waals surface area contributed by atoms with Crippen molar-refractivity contribution in [2.45, 2.75) is 38.8 Å². The van der Waals surface area contributed by atoms with Gasteiger partial charge in [0.1, 0.15) is 0 Å². The van der Waals surface area contributed by atoms with E-state index in [1.807, 2.05) is 4.90 Å². The van der Waals surface area contributed by atoms with Gasteiger partial charge in [0, 0.05) is 6.54 Å². The second-order valence-electron chi connectivity index (χ2n) is 4.89. The Hall–Kier alpha value is -1.06. The number of carbonyl (C=O) groups excluding carboxylic acids is 1. The van der Waals surface area contributed by atoms with E-state index in [4.69, 9.17) is 5.73 Å². The van der Waals surface area contributed by atoms with Gasteiger partial charge in [-0.25, -0.2) is 0 Å². The summed E-state index contributed by atoms with van der Waals surface area (Å²) in [5.74, 6) is 0.0630. The Labute approximate surface area is 115 Å². The van der Waals surface area contributed by atoms with E-state index in [0.29, 0.717) is 0 Å². The maximum atomic E-state index is 12.0. The number of halogens is 1. The van der Waals surface area contributed by atoms with Gasteiger partial charge in [0.05, 0.1) is 12.1 Å². The van der Waals surface area contributed by atoms with Gasteiger partial charge in [0.2, 0.25) is 5.91 Å². The van der Waals surface area contributed by atoms with Gasteiger partial charge in [-0.15, -0.1) is 12.4 Å². The summed E-state index contributed by atoms with van der Waals surface area (Å²) in [5, 5.41) is 0. The normalized spacial score (nSPS) is 20.4. The fraction of sp³-hybridized carbons (Fsp3) is 0.500. The summed E-state index contributed by atoms with van der Waals surface area (Å²) in [5.41, 5.74) is 8.16. The van der Waals surface area contributed by atoms with Crippen molar-refractivity contribution in [2.75, 3.05) is 6.54 Å². The fourth-order valence-corrected chi connectivity index (χ4v) is 2.43. The molecule has 2 atom stereocenters. The molecule has 18 heavy (non-hydrogen) atoms. The number of carbonyl (C=O) groups is 1. The Kier molecular flexibility index (Phi) is 5.17. The SMILES string of the molecule is Cc1ccc(C2CCCN2C(=O)[C@@H](C)N)cc1.Cl. The van der Waals surface area contributed by atoms with E-state index in [-0.39, 0.29) is 24.4 Å². The third-order valence-electron chi connectivity index (χ3n) is 3.39. The van der Waals surface area contributed by atoms with Crippen LogP contribution in [0.4, 0.5) is 0 Å². The lowest BCUT2D eigenvalue weighted by atomic mass is 10.0. The van der Waals surface area contributed by atoms with Crippen molar-refractivity contribution in [3.63, 3.8) is 0 Å². The monoisotopic (exact) mass is 268 g/mol. The van der Waals surface area contributed by atoms with E-state index in [9.17, 15) is 4.79 Å². The van der Waals surface area contributed by atoms with Crippen LogP contribution in [-0.2, 0) is 4.79 Å². The summed E-state index contributed by atoms with van der Waals surface area (Å²) in [7, 11) is 0. The topological polar surface area (TPSA) is 46.3 Å². The Balaban J connectivity index is 0.00000162. The van der Waals surface area contributed by atoms with Gasteiger partial charge in [-0.2, -0.15) is 0 Å². The highest BCUT2D eigenvalue weighted by atomic mass is 35.5. The molecule has 1 heterocycles. The minimum Gasteiger partial charge on any atom is -0.334 e. The summed E-state index contributed by atoms with van der Waals surface area (Å²) in [6, 6.07) is 8.25. The number of rotatable bonds is 2. The fourth-order valence-electron chi connectivity index (χ4n) is 2.43. The molecule has 1 aliphatic heterocycles. The van der Waals surface area contributed by atoms with Gasteiger partial charge in [-0.3, -0.25) is 4.79 Å². The molecular formula is C14H21ClN2O. The average Bonchev–Trinajstić information content (AvgIpc) is 2.77. The van der Waals surface area contributed by atoms with Crippen LogP contribution in [0.5, 0.6) is 0 Å². The van der Waals surface area contributed by atoms with Crippen LogP contribution < -0.4 is 5.73 Å². The van der Waals surface area contributed by atoms with Crippen molar-refractivity contribution < 1.29 is 4.79 Å². The molecule has 0 spiro atoms. The van der Waals surface area contributed by atoms with Crippen LogP contribution in [0.3, 0.4) is 0 Å². The largest absolute Gasteiger partial charge is 0.334 e. The molecule has 0 saturated carbocycles. The number of aryl methyl sites for hydroxylation is 1. The highest BCUT2D eigenvalue weighted by Gasteiger charge is 2.30. The first kappa shape index (κ1) is 15.0. The number of benzene rings is 1.